The van der Waals surface area contributed by atoms with Crippen LogP contribution in [0.2, 0.25) is 0 Å². The van der Waals surface area contributed by atoms with Crippen LogP contribution in [0.25, 0.3) is 0 Å². The highest BCUT2D eigenvalue weighted by atomic mass is 16.6. The maximum absolute atomic E-state index is 12.0. The molecule has 0 aromatic carbocycles. The third-order valence-electron chi connectivity index (χ3n) is 5.92. The van der Waals surface area contributed by atoms with Crippen LogP contribution in [0.5, 0.6) is 5.88 Å². The van der Waals surface area contributed by atoms with Crippen LogP contribution in [0.15, 0.2) is 12.3 Å². The number of amides is 1. The van der Waals surface area contributed by atoms with Crippen molar-refractivity contribution in [1.29, 1.82) is 0 Å². The molecule has 1 atom stereocenters. The summed E-state index contributed by atoms with van der Waals surface area (Å²) in [5.41, 5.74) is 2.45. The smallest absolute Gasteiger partial charge is 0.409 e. The molecular formula is C21H33N3O3. The lowest BCUT2D eigenvalue weighted by Crippen LogP contribution is -2.41. The van der Waals surface area contributed by atoms with E-state index in [2.05, 4.69) is 22.9 Å². The van der Waals surface area contributed by atoms with Gasteiger partial charge < -0.3 is 19.3 Å². The van der Waals surface area contributed by atoms with Gasteiger partial charge in [0, 0.05) is 30.9 Å². The fraction of sp³-hybridized carbons (Fsp3) is 0.714. The first-order valence-corrected chi connectivity index (χ1v) is 10.3. The van der Waals surface area contributed by atoms with Crippen LogP contribution in [-0.2, 0) is 4.74 Å². The molecule has 3 heterocycles. The molecule has 2 aliphatic heterocycles. The molecule has 150 valence electrons. The standard InChI is InChI=1S/C21H33N3O3/c1-4-27-21(25)24-10-5-6-18(9-13-24)23-11-7-17(8-12-23)19-14-16(2)15-22-20(19)26-3/h14-15,17-18H,4-13H2,1-3H3. The first kappa shape index (κ1) is 19.9. The van der Waals surface area contributed by atoms with Gasteiger partial charge in [-0.1, -0.05) is 0 Å². The summed E-state index contributed by atoms with van der Waals surface area (Å²) < 4.78 is 10.7. The van der Waals surface area contributed by atoms with E-state index in [1.165, 1.54) is 11.1 Å². The molecule has 27 heavy (non-hydrogen) atoms. The zero-order chi connectivity index (χ0) is 19.2. The molecule has 0 radical (unpaired) electrons. The number of likely N-dealkylation sites (tertiary alicyclic amines) is 2. The summed E-state index contributed by atoms with van der Waals surface area (Å²) in [7, 11) is 1.71. The number of ether oxygens (including phenoxy) is 2. The molecule has 3 rings (SSSR count). The van der Waals surface area contributed by atoms with Gasteiger partial charge in [0.25, 0.3) is 0 Å². The normalized spacial score (nSPS) is 22.3. The quantitative estimate of drug-likeness (QED) is 0.805. The largest absolute Gasteiger partial charge is 0.481 e. The Labute approximate surface area is 162 Å². The number of carbonyl (C=O) groups is 1. The second-order valence-electron chi connectivity index (χ2n) is 7.69. The van der Waals surface area contributed by atoms with Crippen molar-refractivity contribution in [2.75, 3.05) is 39.9 Å². The molecule has 1 amide bonds. The van der Waals surface area contributed by atoms with Gasteiger partial charge in [-0.25, -0.2) is 9.78 Å². The first-order valence-electron chi connectivity index (χ1n) is 10.3. The Morgan fingerprint density at radius 1 is 1.19 bits per heavy atom. The summed E-state index contributed by atoms with van der Waals surface area (Å²) >= 11 is 0. The zero-order valence-corrected chi connectivity index (χ0v) is 16.9. The third-order valence-corrected chi connectivity index (χ3v) is 5.92. The van der Waals surface area contributed by atoms with Crippen LogP contribution in [0.3, 0.4) is 0 Å². The minimum Gasteiger partial charge on any atom is -0.481 e. The van der Waals surface area contributed by atoms with Gasteiger partial charge in [0.05, 0.1) is 13.7 Å². The van der Waals surface area contributed by atoms with Crippen molar-refractivity contribution in [2.24, 2.45) is 0 Å². The Balaban J connectivity index is 1.55. The number of methoxy groups -OCH3 is 1. The van der Waals surface area contributed by atoms with Gasteiger partial charge in [0.15, 0.2) is 0 Å². The number of nitrogens with zero attached hydrogens (tertiary/aromatic N) is 3. The molecule has 1 unspecified atom stereocenters. The molecule has 0 saturated carbocycles. The molecule has 6 nitrogen and oxygen atoms in total. The Bertz CT molecular complexity index is 629. The highest BCUT2D eigenvalue weighted by Gasteiger charge is 2.30. The molecule has 2 saturated heterocycles. The van der Waals surface area contributed by atoms with Crippen molar-refractivity contribution in [1.82, 2.24) is 14.8 Å². The fourth-order valence-corrected chi connectivity index (χ4v) is 4.46. The summed E-state index contributed by atoms with van der Waals surface area (Å²) in [6.07, 6.45) is 7.25. The molecule has 0 N–H and O–H groups in total. The highest BCUT2D eigenvalue weighted by Crippen LogP contribution is 2.35. The van der Waals surface area contributed by atoms with Crippen molar-refractivity contribution >= 4 is 6.09 Å². The van der Waals surface area contributed by atoms with Gasteiger partial charge >= 0.3 is 6.09 Å². The second-order valence-corrected chi connectivity index (χ2v) is 7.69. The molecule has 6 heteroatoms. The summed E-state index contributed by atoms with van der Waals surface area (Å²) in [5, 5.41) is 0. The summed E-state index contributed by atoms with van der Waals surface area (Å²) in [4.78, 5) is 20.9. The molecule has 1 aromatic heterocycles. The summed E-state index contributed by atoms with van der Waals surface area (Å²) in [5.74, 6) is 1.30. The molecule has 2 fully saturated rings. The van der Waals surface area contributed by atoms with Crippen LogP contribution in [0.1, 0.15) is 56.1 Å². The topological polar surface area (TPSA) is 54.9 Å². The SMILES string of the molecule is CCOC(=O)N1CCCC(N2CCC(c3cc(C)cnc3OC)CC2)CC1. The first-order chi connectivity index (χ1) is 13.1. The van der Waals surface area contributed by atoms with Crippen molar-refractivity contribution < 1.29 is 14.3 Å². The van der Waals surface area contributed by atoms with Crippen molar-refractivity contribution in [2.45, 2.75) is 57.9 Å². The monoisotopic (exact) mass is 375 g/mol. The Kier molecular flexibility index (Phi) is 6.94. The third kappa shape index (κ3) is 4.92. The van der Waals surface area contributed by atoms with E-state index < -0.39 is 0 Å². The highest BCUT2D eigenvalue weighted by molar-refractivity contribution is 5.67. The van der Waals surface area contributed by atoms with Crippen molar-refractivity contribution in [3.63, 3.8) is 0 Å². The second kappa shape index (κ2) is 9.40. The van der Waals surface area contributed by atoms with Gasteiger partial charge in [-0.3, -0.25) is 0 Å². The van der Waals surface area contributed by atoms with Gasteiger partial charge in [-0.2, -0.15) is 0 Å². The van der Waals surface area contributed by atoms with E-state index in [9.17, 15) is 4.79 Å². The van der Waals surface area contributed by atoms with E-state index in [1.807, 2.05) is 18.0 Å². The molecule has 2 aliphatic rings. The maximum Gasteiger partial charge on any atom is 0.409 e. The number of pyridine rings is 1. The Hall–Kier alpha value is -1.82. The predicted octanol–water partition coefficient (Wildman–Crippen LogP) is 3.59. The lowest BCUT2D eigenvalue weighted by molar-refractivity contribution is 0.105. The van der Waals surface area contributed by atoms with Crippen LogP contribution in [0.4, 0.5) is 4.79 Å². The van der Waals surface area contributed by atoms with Crippen LogP contribution >= 0.6 is 0 Å². The van der Waals surface area contributed by atoms with E-state index in [-0.39, 0.29) is 6.09 Å². The molecule has 0 aliphatic carbocycles. The lowest BCUT2D eigenvalue weighted by atomic mass is 9.88. The number of hydrogen-bond acceptors (Lipinski definition) is 5. The minimum atomic E-state index is -0.157. The van der Waals surface area contributed by atoms with Crippen LogP contribution in [-0.4, -0.2) is 66.8 Å². The minimum absolute atomic E-state index is 0.157. The number of aryl methyl sites for hydroxylation is 1. The summed E-state index contributed by atoms with van der Waals surface area (Å²) in [6, 6.07) is 2.80. The maximum atomic E-state index is 12.0. The predicted molar refractivity (Wildman–Crippen MR) is 105 cm³/mol. The number of piperidine rings is 1. The van der Waals surface area contributed by atoms with Crippen molar-refractivity contribution in [3.05, 3.63) is 23.4 Å². The average Bonchev–Trinajstić information content (AvgIpc) is 2.95. The van der Waals surface area contributed by atoms with E-state index in [0.717, 1.165) is 64.2 Å². The van der Waals surface area contributed by atoms with E-state index in [1.54, 1.807) is 7.11 Å². The zero-order valence-electron chi connectivity index (χ0n) is 16.9. The fourth-order valence-electron chi connectivity index (χ4n) is 4.46. The lowest BCUT2D eigenvalue weighted by Gasteiger charge is -2.37. The van der Waals surface area contributed by atoms with Crippen molar-refractivity contribution in [3.8, 4) is 5.88 Å². The van der Waals surface area contributed by atoms with Gasteiger partial charge in [0.2, 0.25) is 5.88 Å². The average molecular weight is 376 g/mol. The Morgan fingerprint density at radius 2 is 1.96 bits per heavy atom. The number of aromatic nitrogens is 1. The summed E-state index contributed by atoms with van der Waals surface area (Å²) in [6.45, 7) is 8.23. The van der Waals surface area contributed by atoms with Crippen LogP contribution < -0.4 is 4.74 Å². The Morgan fingerprint density at radius 3 is 2.67 bits per heavy atom. The molecule has 1 aromatic rings. The van der Waals surface area contributed by atoms with Crippen LogP contribution in [0, 0.1) is 6.92 Å². The van der Waals surface area contributed by atoms with E-state index in [0.29, 0.717) is 18.6 Å². The number of carbonyl (C=O) groups excluding carboxylic acids is 1. The molecule has 0 spiro atoms. The van der Waals surface area contributed by atoms with E-state index in [4.69, 9.17) is 9.47 Å². The van der Waals surface area contributed by atoms with Gasteiger partial charge in [0.1, 0.15) is 0 Å². The molecular weight excluding hydrogens is 342 g/mol. The number of hydrogen-bond donors (Lipinski definition) is 0. The number of rotatable bonds is 4. The van der Waals surface area contributed by atoms with Gasteiger partial charge in [-0.05, 0) is 76.6 Å². The molecule has 0 bridgehead atoms. The van der Waals surface area contributed by atoms with E-state index >= 15 is 0 Å². The van der Waals surface area contributed by atoms with Gasteiger partial charge in [-0.15, -0.1) is 0 Å².